The first-order chi connectivity index (χ1) is 8.28. The van der Waals surface area contributed by atoms with Gasteiger partial charge in [0.15, 0.2) is 5.78 Å². The molecule has 0 radical (unpaired) electrons. The van der Waals surface area contributed by atoms with Crippen LogP contribution in [0.25, 0.3) is 0 Å². The summed E-state index contributed by atoms with van der Waals surface area (Å²) < 4.78 is 0. The second kappa shape index (κ2) is 5.46. The highest BCUT2D eigenvalue weighted by molar-refractivity contribution is 6.00. The van der Waals surface area contributed by atoms with Crippen LogP contribution in [0.1, 0.15) is 48.9 Å². The molecule has 0 spiro atoms. The van der Waals surface area contributed by atoms with Crippen molar-refractivity contribution >= 4 is 5.78 Å². The summed E-state index contributed by atoms with van der Waals surface area (Å²) in [5, 5.41) is 0. The van der Waals surface area contributed by atoms with Crippen LogP contribution in [0.2, 0.25) is 0 Å². The Labute approximate surface area is 103 Å². The van der Waals surface area contributed by atoms with Gasteiger partial charge in [-0.05, 0) is 12.8 Å². The third-order valence-corrected chi connectivity index (χ3v) is 3.97. The Hall–Kier alpha value is -1.15. The van der Waals surface area contributed by atoms with Crippen LogP contribution in [0.4, 0.5) is 0 Å². The van der Waals surface area contributed by atoms with Gasteiger partial charge in [-0.3, -0.25) is 4.79 Å². The first-order valence-electron chi connectivity index (χ1n) is 6.58. The Morgan fingerprint density at radius 1 is 1.06 bits per heavy atom. The van der Waals surface area contributed by atoms with Crippen LogP contribution in [-0.2, 0) is 0 Å². The van der Waals surface area contributed by atoms with Crippen molar-refractivity contribution in [3.8, 4) is 0 Å². The van der Waals surface area contributed by atoms with E-state index in [2.05, 4.69) is 0 Å². The Kier molecular flexibility index (Phi) is 3.95. The first kappa shape index (κ1) is 12.3. The fraction of sp³-hybridized carbons (Fsp3) is 0.533. The van der Waals surface area contributed by atoms with Crippen LogP contribution >= 0.6 is 0 Å². The molecule has 1 aliphatic rings. The van der Waals surface area contributed by atoms with Gasteiger partial charge in [0, 0.05) is 17.5 Å². The molecule has 0 aliphatic heterocycles. The fourth-order valence-electron chi connectivity index (χ4n) is 2.82. The molecule has 0 saturated heterocycles. The van der Waals surface area contributed by atoms with E-state index in [1.165, 1.54) is 12.8 Å². The molecule has 0 amide bonds. The lowest BCUT2D eigenvalue weighted by Gasteiger charge is -2.29. The third kappa shape index (κ3) is 2.58. The molecule has 0 heterocycles. The number of carbonyl (C=O) groups is 1. The number of nitrogens with two attached hydrogens (primary N) is 1. The molecule has 1 fully saturated rings. The van der Waals surface area contributed by atoms with E-state index in [9.17, 15) is 4.79 Å². The fourth-order valence-corrected chi connectivity index (χ4v) is 2.82. The summed E-state index contributed by atoms with van der Waals surface area (Å²) in [5.41, 5.74) is 6.45. The predicted octanol–water partition coefficient (Wildman–Crippen LogP) is 3.17. The number of benzene rings is 1. The maximum atomic E-state index is 12.6. The van der Waals surface area contributed by atoms with Crippen LogP contribution in [-0.4, -0.2) is 12.3 Å². The normalized spacial score (nSPS) is 19.6. The molecule has 2 heteroatoms. The number of rotatable bonds is 3. The molecule has 1 aromatic rings. The van der Waals surface area contributed by atoms with Crippen LogP contribution in [0.3, 0.4) is 0 Å². The van der Waals surface area contributed by atoms with Gasteiger partial charge in [0.2, 0.25) is 0 Å². The van der Waals surface area contributed by atoms with E-state index in [0.717, 1.165) is 31.2 Å². The SMILES string of the molecule is NCC1(C(=O)c2ccccc2)CCCCCC1. The van der Waals surface area contributed by atoms with Crippen molar-refractivity contribution in [1.82, 2.24) is 0 Å². The molecule has 17 heavy (non-hydrogen) atoms. The molecule has 92 valence electrons. The minimum absolute atomic E-state index is 0.252. The molecule has 0 unspecified atom stereocenters. The maximum Gasteiger partial charge on any atom is 0.170 e. The summed E-state index contributed by atoms with van der Waals surface area (Å²) in [6, 6.07) is 9.61. The second-order valence-corrected chi connectivity index (χ2v) is 5.09. The van der Waals surface area contributed by atoms with Crippen molar-refractivity contribution in [3.05, 3.63) is 35.9 Å². The average Bonchev–Trinajstić information content (AvgIpc) is 2.65. The zero-order chi connectivity index (χ0) is 12.1. The summed E-state index contributed by atoms with van der Waals surface area (Å²) in [7, 11) is 0. The van der Waals surface area contributed by atoms with Crippen LogP contribution in [0.5, 0.6) is 0 Å². The molecule has 0 bridgehead atoms. The van der Waals surface area contributed by atoms with Crippen LogP contribution < -0.4 is 5.73 Å². The highest BCUT2D eigenvalue weighted by Gasteiger charge is 2.37. The molecule has 2 N–H and O–H groups in total. The molecule has 0 aromatic heterocycles. The molecule has 1 aliphatic carbocycles. The van der Waals surface area contributed by atoms with E-state index in [4.69, 9.17) is 5.73 Å². The number of carbonyl (C=O) groups excluding carboxylic acids is 1. The van der Waals surface area contributed by atoms with Gasteiger partial charge >= 0.3 is 0 Å². The van der Waals surface area contributed by atoms with Gasteiger partial charge in [0.25, 0.3) is 0 Å². The zero-order valence-corrected chi connectivity index (χ0v) is 10.3. The quantitative estimate of drug-likeness (QED) is 0.641. The maximum absolute atomic E-state index is 12.6. The van der Waals surface area contributed by atoms with E-state index in [0.29, 0.717) is 6.54 Å². The number of hydrogen-bond acceptors (Lipinski definition) is 2. The highest BCUT2D eigenvalue weighted by Crippen LogP contribution is 2.37. The summed E-state index contributed by atoms with van der Waals surface area (Å²) in [6.45, 7) is 0.487. The highest BCUT2D eigenvalue weighted by atomic mass is 16.1. The van der Waals surface area contributed by atoms with Crippen molar-refractivity contribution in [2.45, 2.75) is 38.5 Å². The van der Waals surface area contributed by atoms with E-state index >= 15 is 0 Å². The minimum Gasteiger partial charge on any atom is -0.329 e. The van der Waals surface area contributed by atoms with Crippen LogP contribution in [0, 0.1) is 5.41 Å². The van der Waals surface area contributed by atoms with Gasteiger partial charge in [-0.1, -0.05) is 56.0 Å². The van der Waals surface area contributed by atoms with Crippen molar-refractivity contribution in [1.29, 1.82) is 0 Å². The second-order valence-electron chi connectivity index (χ2n) is 5.09. The lowest BCUT2D eigenvalue weighted by molar-refractivity contribution is 0.0774. The van der Waals surface area contributed by atoms with Crippen molar-refractivity contribution in [2.75, 3.05) is 6.54 Å². The molecule has 2 rings (SSSR count). The Balaban J connectivity index is 2.25. The number of Topliss-reactive ketones (excluding diaryl/α,β-unsaturated/α-hetero) is 1. The predicted molar refractivity (Wildman–Crippen MR) is 70.0 cm³/mol. The van der Waals surface area contributed by atoms with Crippen molar-refractivity contribution < 1.29 is 4.79 Å². The summed E-state index contributed by atoms with van der Waals surface area (Å²) in [4.78, 5) is 12.6. The van der Waals surface area contributed by atoms with Crippen molar-refractivity contribution in [3.63, 3.8) is 0 Å². The van der Waals surface area contributed by atoms with Gasteiger partial charge in [-0.15, -0.1) is 0 Å². The topological polar surface area (TPSA) is 43.1 Å². The smallest absolute Gasteiger partial charge is 0.170 e. The van der Waals surface area contributed by atoms with Gasteiger partial charge < -0.3 is 5.73 Å². The minimum atomic E-state index is -0.294. The largest absolute Gasteiger partial charge is 0.329 e. The van der Waals surface area contributed by atoms with E-state index in [1.807, 2.05) is 30.3 Å². The average molecular weight is 231 g/mol. The van der Waals surface area contributed by atoms with Gasteiger partial charge in [-0.25, -0.2) is 0 Å². The van der Waals surface area contributed by atoms with E-state index in [-0.39, 0.29) is 11.2 Å². The summed E-state index contributed by atoms with van der Waals surface area (Å²) in [6.07, 6.45) is 6.66. The van der Waals surface area contributed by atoms with Gasteiger partial charge in [0.05, 0.1) is 0 Å². The van der Waals surface area contributed by atoms with Gasteiger partial charge in [-0.2, -0.15) is 0 Å². The zero-order valence-electron chi connectivity index (χ0n) is 10.3. The van der Waals surface area contributed by atoms with Crippen LogP contribution in [0.15, 0.2) is 30.3 Å². The van der Waals surface area contributed by atoms with E-state index in [1.54, 1.807) is 0 Å². The van der Waals surface area contributed by atoms with Crippen molar-refractivity contribution in [2.24, 2.45) is 11.1 Å². The Morgan fingerprint density at radius 3 is 2.18 bits per heavy atom. The molecule has 1 saturated carbocycles. The lowest BCUT2D eigenvalue weighted by Crippen LogP contribution is -2.38. The molecule has 0 atom stereocenters. The summed E-state index contributed by atoms with van der Waals surface area (Å²) >= 11 is 0. The molecule has 1 aromatic carbocycles. The van der Waals surface area contributed by atoms with Gasteiger partial charge in [0.1, 0.15) is 0 Å². The Bertz CT molecular complexity index is 364. The molecular weight excluding hydrogens is 210 g/mol. The Morgan fingerprint density at radius 2 is 1.65 bits per heavy atom. The first-order valence-corrected chi connectivity index (χ1v) is 6.58. The molecule has 2 nitrogen and oxygen atoms in total. The van der Waals surface area contributed by atoms with E-state index < -0.39 is 0 Å². The standard InChI is InChI=1S/C15H21NO/c16-12-15(10-6-1-2-7-11-15)14(17)13-8-4-3-5-9-13/h3-5,8-9H,1-2,6-7,10-12,16H2. The molecular formula is C15H21NO. The number of hydrogen-bond donors (Lipinski definition) is 1. The third-order valence-electron chi connectivity index (χ3n) is 3.97. The summed E-state index contributed by atoms with van der Waals surface area (Å²) in [5.74, 6) is 0.252. The monoisotopic (exact) mass is 231 g/mol. The number of ketones is 1. The lowest BCUT2D eigenvalue weighted by atomic mass is 9.74.